The van der Waals surface area contributed by atoms with Gasteiger partial charge in [0.25, 0.3) is 0 Å². The number of halogens is 1. The minimum atomic E-state index is -0.243. The Morgan fingerprint density at radius 3 is 2.50 bits per heavy atom. The SMILES string of the molecule is Cn1c(C(C)(C)CO)c(Br)c2ccccc21. The maximum atomic E-state index is 9.49. The zero-order chi connectivity index (χ0) is 11.9. The highest BCUT2D eigenvalue weighted by Gasteiger charge is 2.27. The quantitative estimate of drug-likeness (QED) is 0.899. The van der Waals surface area contributed by atoms with Crippen LogP contribution in [0.15, 0.2) is 28.7 Å². The van der Waals surface area contributed by atoms with E-state index in [1.807, 2.05) is 33.0 Å². The number of aliphatic hydroxyl groups excluding tert-OH is 1. The summed E-state index contributed by atoms with van der Waals surface area (Å²) in [5.74, 6) is 0. The Morgan fingerprint density at radius 2 is 1.94 bits per heavy atom. The summed E-state index contributed by atoms with van der Waals surface area (Å²) in [7, 11) is 2.04. The third kappa shape index (κ3) is 1.59. The highest BCUT2D eigenvalue weighted by atomic mass is 79.9. The summed E-state index contributed by atoms with van der Waals surface area (Å²) in [6.45, 7) is 4.23. The molecule has 1 aromatic carbocycles. The average Bonchev–Trinajstić information content (AvgIpc) is 2.53. The molecule has 1 aromatic heterocycles. The van der Waals surface area contributed by atoms with E-state index in [4.69, 9.17) is 0 Å². The molecule has 0 saturated heterocycles. The molecule has 0 saturated carbocycles. The first-order chi connectivity index (χ1) is 7.49. The van der Waals surface area contributed by atoms with Crippen LogP contribution in [0.5, 0.6) is 0 Å². The normalized spacial score (nSPS) is 12.3. The molecule has 0 aliphatic rings. The molecule has 86 valence electrons. The Kier molecular flexibility index (Phi) is 2.84. The van der Waals surface area contributed by atoms with Crippen molar-refractivity contribution >= 4 is 26.8 Å². The molecule has 0 spiro atoms. The first-order valence-corrected chi connectivity index (χ1v) is 6.12. The van der Waals surface area contributed by atoms with E-state index < -0.39 is 0 Å². The minimum Gasteiger partial charge on any atom is -0.395 e. The van der Waals surface area contributed by atoms with E-state index in [2.05, 4.69) is 32.6 Å². The van der Waals surface area contributed by atoms with E-state index in [0.29, 0.717) is 0 Å². The van der Waals surface area contributed by atoms with Gasteiger partial charge >= 0.3 is 0 Å². The van der Waals surface area contributed by atoms with Crippen molar-refractivity contribution in [2.24, 2.45) is 7.05 Å². The highest BCUT2D eigenvalue weighted by molar-refractivity contribution is 9.10. The summed E-state index contributed by atoms with van der Waals surface area (Å²) < 4.78 is 3.24. The van der Waals surface area contributed by atoms with Gasteiger partial charge in [-0.25, -0.2) is 0 Å². The molecule has 0 unspecified atom stereocenters. The van der Waals surface area contributed by atoms with Crippen LogP contribution in [0.2, 0.25) is 0 Å². The van der Waals surface area contributed by atoms with Gasteiger partial charge in [0.1, 0.15) is 0 Å². The van der Waals surface area contributed by atoms with Crippen LogP contribution in [-0.4, -0.2) is 16.3 Å². The number of nitrogens with zero attached hydrogens (tertiary/aromatic N) is 1. The first kappa shape index (κ1) is 11.7. The second-order valence-electron chi connectivity index (χ2n) is 4.78. The van der Waals surface area contributed by atoms with Gasteiger partial charge in [-0.2, -0.15) is 0 Å². The number of aryl methyl sites for hydroxylation is 1. The summed E-state index contributed by atoms with van der Waals surface area (Å²) >= 11 is 3.65. The van der Waals surface area contributed by atoms with E-state index in [1.54, 1.807) is 0 Å². The fourth-order valence-corrected chi connectivity index (χ4v) is 3.31. The number of aromatic nitrogens is 1. The Bertz CT molecular complexity index is 489. The Balaban J connectivity index is 2.81. The molecule has 0 aliphatic carbocycles. The number of rotatable bonds is 2. The third-order valence-corrected chi connectivity index (χ3v) is 3.88. The molecule has 0 amide bonds. The zero-order valence-electron chi connectivity index (χ0n) is 9.79. The zero-order valence-corrected chi connectivity index (χ0v) is 11.4. The lowest BCUT2D eigenvalue weighted by molar-refractivity contribution is 0.212. The van der Waals surface area contributed by atoms with Crippen molar-refractivity contribution in [3.63, 3.8) is 0 Å². The fraction of sp³-hybridized carbons (Fsp3) is 0.385. The number of benzene rings is 1. The third-order valence-electron chi connectivity index (χ3n) is 3.08. The summed E-state index contributed by atoms with van der Waals surface area (Å²) in [5, 5.41) is 10.7. The largest absolute Gasteiger partial charge is 0.395 e. The van der Waals surface area contributed by atoms with Crippen LogP contribution >= 0.6 is 15.9 Å². The Hall–Kier alpha value is -0.800. The van der Waals surface area contributed by atoms with E-state index >= 15 is 0 Å². The maximum absolute atomic E-state index is 9.49. The van der Waals surface area contributed by atoms with E-state index in [-0.39, 0.29) is 12.0 Å². The van der Waals surface area contributed by atoms with Crippen molar-refractivity contribution in [1.82, 2.24) is 4.57 Å². The van der Waals surface area contributed by atoms with Crippen molar-refractivity contribution in [3.8, 4) is 0 Å². The van der Waals surface area contributed by atoms with Gasteiger partial charge in [-0.1, -0.05) is 32.0 Å². The summed E-state index contributed by atoms with van der Waals surface area (Å²) in [6.07, 6.45) is 0. The predicted octanol–water partition coefficient (Wildman–Crippen LogP) is 3.21. The summed E-state index contributed by atoms with van der Waals surface area (Å²) in [6, 6.07) is 8.25. The van der Waals surface area contributed by atoms with Crippen LogP contribution < -0.4 is 0 Å². The van der Waals surface area contributed by atoms with E-state index in [1.165, 1.54) is 10.9 Å². The molecule has 16 heavy (non-hydrogen) atoms. The van der Waals surface area contributed by atoms with Crippen molar-refractivity contribution < 1.29 is 5.11 Å². The lowest BCUT2D eigenvalue weighted by Gasteiger charge is -2.23. The van der Waals surface area contributed by atoms with Gasteiger partial charge in [-0.3, -0.25) is 0 Å². The smallest absolute Gasteiger partial charge is 0.0537 e. The van der Waals surface area contributed by atoms with Crippen LogP contribution in [0.3, 0.4) is 0 Å². The number of aliphatic hydroxyl groups is 1. The van der Waals surface area contributed by atoms with Crippen molar-refractivity contribution in [2.45, 2.75) is 19.3 Å². The Morgan fingerprint density at radius 1 is 1.31 bits per heavy atom. The average molecular weight is 282 g/mol. The summed E-state index contributed by atoms with van der Waals surface area (Å²) in [4.78, 5) is 0. The molecule has 2 nitrogen and oxygen atoms in total. The minimum absolute atomic E-state index is 0.135. The first-order valence-electron chi connectivity index (χ1n) is 5.33. The standard InChI is InChI=1S/C13H16BrNO/c1-13(2,8-16)12-11(14)9-6-4-5-7-10(9)15(12)3/h4-7,16H,8H2,1-3H3. The van der Waals surface area contributed by atoms with Gasteiger partial charge in [0.05, 0.1) is 6.61 Å². The topological polar surface area (TPSA) is 25.2 Å². The number of fused-ring (bicyclic) bond motifs is 1. The van der Waals surface area contributed by atoms with E-state index in [9.17, 15) is 5.11 Å². The lowest BCUT2D eigenvalue weighted by atomic mass is 9.90. The highest BCUT2D eigenvalue weighted by Crippen LogP contribution is 2.37. The van der Waals surface area contributed by atoms with Gasteiger partial charge < -0.3 is 9.67 Å². The molecule has 0 radical (unpaired) electrons. The van der Waals surface area contributed by atoms with Crippen LogP contribution in [0.25, 0.3) is 10.9 Å². The molecule has 0 bridgehead atoms. The number of hydrogen-bond acceptors (Lipinski definition) is 1. The summed E-state index contributed by atoms with van der Waals surface area (Å²) in [5.41, 5.74) is 2.08. The van der Waals surface area contributed by atoms with Gasteiger partial charge in [-0.15, -0.1) is 0 Å². The molecule has 3 heteroatoms. The molecule has 0 fully saturated rings. The van der Waals surface area contributed by atoms with Crippen molar-refractivity contribution in [1.29, 1.82) is 0 Å². The van der Waals surface area contributed by atoms with Gasteiger partial charge in [0.15, 0.2) is 0 Å². The van der Waals surface area contributed by atoms with E-state index in [0.717, 1.165) is 10.2 Å². The fourth-order valence-electron chi connectivity index (χ4n) is 2.17. The number of hydrogen-bond donors (Lipinski definition) is 1. The second-order valence-corrected chi connectivity index (χ2v) is 5.57. The van der Waals surface area contributed by atoms with Gasteiger partial charge in [-0.05, 0) is 22.0 Å². The van der Waals surface area contributed by atoms with Crippen LogP contribution in [0.4, 0.5) is 0 Å². The molecular weight excluding hydrogens is 266 g/mol. The number of para-hydroxylation sites is 1. The van der Waals surface area contributed by atoms with Gasteiger partial charge in [0, 0.05) is 33.5 Å². The maximum Gasteiger partial charge on any atom is 0.0537 e. The second kappa shape index (κ2) is 3.90. The molecule has 1 N–H and O–H groups in total. The predicted molar refractivity (Wildman–Crippen MR) is 70.7 cm³/mol. The van der Waals surface area contributed by atoms with Gasteiger partial charge in [0.2, 0.25) is 0 Å². The van der Waals surface area contributed by atoms with Crippen molar-refractivity contribution in [3.05, 3.63) is 34.4 Å². The molecule has 0 aliphatic heterocycles. The monoisotopic (exact) mass is 281 g/mol. The lowest BCUT2D eigenvalue weighted by Crippen LogP contribution is -2.25. The van der Waals surface area contributed by atoms with Crippen LogP contribution in [-0.2, 0) is 12.5 Å². The molecular formula is C13H16BrNO. The van der Waals surface area contributed by atoms with Crippen LogP contribution in [0, 0.1) is 0 Å². The van der Waals surface area contributed by atoms with Crippen LogP contribution in [0.1, 0.15) is 19.5 Å². The molecule has 1 heterocycles. The molecule has 2 rings (SSSR count). The van der Waals surface area contributed by atoms with Crippen molar-refractivity contribution in [2.75, 3.05) is 6.61 Å². The molecule has 0 atom stereocenters. The Labute approximate surface area is 104 Å². The molecule has 2 aromatic rings.